The Labute approximate surface area is 95.4 Å². The normalized spacial score (nSPS) is 10.6. The molecule has 0 atom stereocenters. The van der Waals surface area contributed by atoms with Crippen molar-refractivity contribution in [1.82, 2.24) is 9.55 Å². The number of aromatic nitrogens is 2. The van der Waals surface area contributed by atoms with E-state index >= 15 is 0 Å². The molecule has 0 unspecified atom stereocenters. The average molecular weight is 216 g/mol. The molecule has 3 nitrogen and oxygen atoms in total. The minimum Gasteiger partial charge on any atom is -0.396 e. The van der Waals surface area contributed by atoms with Crippen molar-refractivity contribution in [3.05, 3.63) is 53.6 Å². The minimum atomic E-state index is 0.155. The van der Waals surface area contributed by atoms with Crippen molar-refractivity contribution >= 4 is 0 Å². The largest absolute Gasteiger partial charge is 0.396 e. The van der Waals surface area contributed by atoms with Crippen molar-refractivity contribution in [3.8, 4) is 0 Å². The molecule has 1 aromatic heterocycles. The highest BCUT2D eigenvalue weighted by atomic mass is 16.3. The lowest BCUT2D eigenvalue weighted by atomic mass is 10.2. The van der Waals surface area contributed by atoms with Gasteiger partial charge in [-0.15, -0.1) is 0 Å². The van der Waals surface area contributed by atoms with Gasteiger partial charge in [0.05, 0.1) is 5.69 Å². The second-order valence-corrected chi connectivity index (χ2v) is 3.87. The second kappa shape index (κ2) is 4.94. The van der Waals surface area contributed by atoms with Crippen LogP contribution in [0.1, 0.15) is 17.1 Å². The van der Waals surface area contributed by atoms with E-state index in [0.717, 1.165) is 18.1 Å². The maximum Gasteiger partial charge on any atom is 0.106 e. The van der Waals surface area contributed by atoms with Crippen LogP contribution in [0.25, 0.3) is 0 Å². The van der Waals surface area contributed by atoms with Crippen LogP contribution in [0, 0.1) is 6.92 Å². The van der Waals surface area contributed by atoms with Crippen molar-refractivity contribution in [3.63, 3.8) is 0 Å². The van der Waals surface area contributed by atoms with Gasteiger partial charge in [0.15, 0.2) is 0 Å². The van der Waals surface area contributed by atoms with Gasteiger partial charge >= 0.3 is 0 Å². The highest BCUT2D eigenvalue weighted by molar-refractivity contribution is 5.16. The van der Waals surface area contributed by atoms with Gasteiger partial charge in [-0.2, -0.15) is 0 Å². The molecule has 0 spiro atoms. The number of imidazole rings is 1. The molecule has 1 heterocycles. The van der Waals surface area contributed by atoms with Crippen molar-refractivity contribution in [2.24, 2.45) is 0 Å². The lowest BCUT2D eigenvalue weighted by Gasteiger charge is -2.04. The van der Waals surface area contributed by atoms with E-state index in [1.807, 2.05) is 31.3 Å². The van der Waals surface area contributed by atoms with Crippen molar-refractivity contribution < 1.29 is 5.11 Å². The van der Waals surface area contributed by atoms with E-state index in [1.54, 1.807) is 0 Å². The summed E-state index contributed by atoms with van der Waals surface area (Å²) in [4.78, 5) is 4.40. The fourth-order valence-corrected chi connectivity index (χ4v) is 1.75. The summed E-state index contributed by atoms with van der Waals surface area (Å²) in [5, 5.41) is 8.86. The molecule has 0 saturated carbocycles. The highest BCUT2D eigenvalue weighted by Crippen LogP contribution is 2.07. The molecule has 0 bridgehead atoms. The van der Waals surface area contributed by atoms with E-state index in [9.17, 15) is 0 Å². The maximum atomic E-state index is 8.86. The smallest absolute Gasteiger partial charge is 0.106 e. The van der Waals surface area contributed by atoms with Crippen molar-refractivity contribution in [1.29, 1.82) is 0 Å². The van der Waals surface area contributed by atoms with Crippen LogP contribution < -0.4 is 0 Å². The van der Waals surface area contributed by atoms with Crippen LogP contribution in [0.15, 0.2) is 36.5 Å². The molecule has 3 heteroatoms. The average Bonchev–Trinajstić information content (AvgIpc) is 2.61. The summed E-state index contributed by atoms with van der Waals surface area (Å²) in [5.41, 5.74) is 2.22. The molecule has 0 aliphatic carbocycles. The van der Waals surface area contributed by atoms with Crippen LogP contribution in [0.4, 0.5) is 0 Å². The van der Waals surface area contributed by atoms with Crippen LogP contribution in [0.2, 0.25) is 0 Å². The highest BCUT2D eigenvalue weighted by Gasteiger charge is 2.03. The Hall–Kier alpha value is -1.61. The summed E-state index contributed by atoms with van der Waals surface area (Å²) in [5.74, 6) is 0.993. The Morgan fingerprint density at radius 3 is 2.69 bits per heavy atom. The zero-order chi connectivity index (χ0) is 11.4. The van der Waals surface area contributed by atoms with Gasteiger partial charge < -0.3 is 9.67 Å². The van der Waals surface area contributed by atoms with Crippen LogP contribution in [0.3, 0.4) is 0 Å². The lowest BCUT2D eigenvalue weighted by Crippen LogP contribution is -2.00. The number of aliphatic hydroxyl groups is 1. The Morgan fingerprint density at radius 1 is 1.25 bits per heavy atom. The molecule has 16 heavy (non-hydrogen) atoms. The standard InChI is InChI=1S/C13H16N2O/c1-11-14-13(7-8-16)10-15(11)9-12-5-3-2-4-6-12/h2-6,10,16H,7-9H2,1H3. The third-order valence-electron chi connectivity index (χ3n) is 2.59. The number of aryl methyl sites for hydroxylation is 1. The van der Waals surface area contributed by atoms with Gasteiger partial charge in [-0.1, -0.05) is 30.3 Å². The van der Waals surface area contributed by atoms with E-state index in [4.69, 9.17) is 5.11 Å². The first-order chi connectivity index (χ1) is 7.79. The predicted molar refractivity (Wildman–Crippen MR) is 63.3 cm³/mol. The summed E-state index contributed by atoms with van der Waals surface area (Å²) < 4.78 is 2.11. The molecule has 0 fully saturated rings. The van der Waals surface area contributed by atoms with Gasteiger partial charge in [0.1, 0.15) is 5.82 Å². The lowest BCUT2D eigenvalue weighted by molar-refractivity contribution is 0.298. The first-order valence-corrected chi connectivity index (χ1v) is 5.47. The molecule has 0 aliphatic heterocycles. The number of hydrogen-bond acceptors (Lipinski definition) is 2. The fraction of sp³-hybridized carbons (Fsp3) is 0.308. The summed E-state index contributed by atoms with van der Waals surface area (Å²) in [7, 11) is 0. The summed E-state index contributed by atoms with van der Waals surface area (Å²) >= 11 is 0. The minimum absolute atomic E-state index is 0.155. The van der Waals surface area contributed by atoms with Crippen LogP contribution >= 0.6 is 0 Å². The van der Waals surface area contributed by atoms with E-state index in [1.165, 1.54) is 5.56 Å². The predicted octanol–water partition coefficient (Wildman–Crippen LogP) is 1.77. The third-order valence-corrected chi connectivity index (χ3v) is 2.59. The van der Waals surface area contributed by atoms with Gasteiger partial charge in [-0.3, -0.25) is 0 Å². The number of aliphatic hydroxyl groups excluding tert-OH is 1. The van der Waals surface area contributed by atoms with Gasteiger partial charge in [0, 0.05) is 25.8 Å². The Morgan fingerprint density at radius 2 is 2.00 bits per heavy atom. The molecule has 1 aromatic carbocycles. The molecule has 2 aromatic rings. The maximum absolute atomic E-state index is 8.86. The fourth-order valence-electron chi connectivity index (χ4n) is 1.75. The quantitative estimate of drug-likeness (QED) is 0.846. The van der Waals surface area contributed by atoms with E-state index in [0.29, 0.717) is 6.42 Å². The Kier molecular flexibility index (Phi) is 3.37. The van der Waals surface area contributed by atoms with Crippen molar-refractivity contribution in [2.45, 2.75) is 19.9 Å². The molecule has 0 amide bonds. The van der Waals surface area contributed by atoms with E-state index < -0.39 is 0 Å². The van der Waals surface area contributed by atoms with Gasteiger partial charge in [0.2, 0.25) is 0 Å². The molecule has 1 N–H and O–H groups in total. The monoisotopic (exact) mass is 216 g/mol. The third kappa shape index (κ3) is 2.49. The van der Waals surface area contributed by atoms with E-state index in [2.05, 4.69) is 21.7 Å². The summed E-state index contributed by atoms with van der Waals surface area (Å²) in [6, 6.07) is 10.3. The first-order valence-electron chi connectivity index (χ1n) is 5.47. The molecule has 0 radical (unpaired) electrons. The van der Waals surface area contributed by atoms with Gasteiger partial charge in [-0.25, -0.2) is 4.98 Å². The first kappa shape index (κ1) is 10.9. The Bertz CT molecular complexity index is 448. The zero-order valence-corrected chi connectivity index (χ0v) is 9.43. The molecular weight excluding hydrogens is 200 g/mol. The van der Waals surface area contributed by atoms with Gasteiger partial charge in [0.25, 0.3) is 0 Å². The summed E-state index contributed by atoms with van der Waals surface area (Å²) in [6.45, 7) is 2.98. The topological polar surface area (TPSA) is 38.1 Å². The van der Waals surface area contributed by atoms with E-state index in [-0.39, 0.29) is 6.61 Å². The van der Waals surface area contributed by atoms with Crippen LogP contribution in [0.5, 0.6) is 0 Å². The molecule has 2 rings (SSSR count). The second-order valence-electron chi connectivity index (χ2n) is 3.87. The molecular formula is C13H16N2O. The van der Waals surface area contributed by atoms with Gasteiger partial charge in [-0.05, 0) is 12.5 Å². The molecule has 0 aliphatic rings. The number of benzene rings is 1. The number of rotatable bonds is 4. The van der Waals surface area contributed by atoms with Crippen LogP contribution in [-0.2, 0) is 13.0 Å². The van der Waals surface area contributed by atoms with Crippen molar-refractivity contribution in [2.75, 3.05) is 6.61 Å². The zero-order valence-electron chi connectivity index (χ0n) is 9.43. The molecule has 84 valence electrons. The Balaban J connectivity index is 2.15. The summed E-state index contributed by atoms with van der Waals surface area (Å²) in [6.07, 6.45) is 2.64. The SMILES string of the molecule is Cc1nc(CCO)cn1Cc1ccccc1. The number of nitrogens with zero attached hydrogens (tertiary/aromatic N) is 2. The number of hydrogen-bond donors (Lipinski definition) is 1. The van der Waals surface area contributed by atoms with Crippen LogP contribution in [-0.4, -0.2) is 21.3 Å². The molecule has 0 saturated heterocycles.